The Kier molecular flexibility index (Phi) is 6.82. The third-order valence-electron chi connectivity index (χ3n) is 2.00. The number of rotatable bonds is 6. The van der Waals surface area contributed by atoms with Crippen molar-refractivity contribution >= 4 is 39.5 Å². The number of hydrogen-bond acceptors (Lipinski definition) is 3. The zero-order valence-corrected chi connectivity index (χ0v) is 12.4. The Hall–Kier alpha value is -1.01. The molecule has 0 aromatic heterocycles. The van der Waals surface area contributed by atoms with Crippen LogP contribution in [0.4, 0.5) is 0 Å². The minimum absolute atomic E-state index is 0.0340. The molecule has 0 atom stereocenters. The molecule has 0 aliphatic carbocycles. The lowest BCUT2D eigenvalue weighted by Gasteiger charge is -2.05. The van der Waals surface area contributed by atoms with Crippen LogP contribution < -0.4 is 10.6 Å². The molecule has 0 radical (unpaired) electrons. The first-order chi connectivity index (χ1) is 8.58. The summed E-state index contributed by atoms with van der Waals surface area (Å²) in [7, 11) is 0. The largest absolute Gasteiger partial charge is 0.355 e. The summed E-state index contributed by atoms with van der Waals surface area (Å²) in [5.41, 5.74) is 0. The summed E-state index contributed by atoms with van der Waals surface area (Å²) in [5, 5.41) is 5.35. The van der Waals surface area contributed by atoms with E-state index in [1.165, 1.54) is 18.7 Å². The van der Waals surface area contributed by atoms with Crippen molar-refractivity contribution in [1.29, 1.82) is 0 Å². The van der Waals surface area contributed by atoms with Gasteiger partial charge in [0.1, 0.15) is 0 Å². The van der Waals surface area contributed by atoms with E-state index in [1.54, 1.807) is 0 Å². The van der Waals surface area contributed by atoms with E-state index in [0.29, 0.717) is 18.8 Å². The normalized spacial score (nSPS) is 9.89. The molecule has 0 unspecified atom stereocenters. The van der Waals surface area contributed by atoms with Gasteiger partial charge < -0.3 is 10.6 Å². The molecule has 0 heterocycles. The fourth-order valence-electron chi connectivity index (χ4n) is 1.17. The maximum Gasteiger partial charge on any atom is 0.230 e. The van der Waals surface area contributed by atoms with Crippen molar-refractivity contribution in [2.24, 2.45) is 0 Å². The maximum absolute atomic E-state index is 11.5. The molecule has 0 saturated heterocycles. The van der Waals surface area contributed by atoms with E-state index in [1.807, 2.05) is 24.3 Å². The number of nitrogens with one attached hydrogen (secondary N) is 2. The topological polar surface area (TPSA) is 58.2 Å². The minimum Gasteiger partial charge on any atom is -0.355 e. The van der Waals surface area contributed by atoms with Crippen molar-refractivity contribution in [3.63, 3.8) is 0 Å². The SMILES string of the molecule is CC(=O)NCCNC(=O)CSc1ccc(Br)cc1. The Bertz CT molecular complexity index is 409. The smallest absolute Gasteiger partial charge is 0.230 e. The zero-order valence-electron chi connectivity index (χ0n) is 10.0. The van der Waals surface area contributed by atoms with Gasteiger partial charge in [-0.1, -0.05) is 15.9 Å². The summed E-state index contributed by atoms with van der Waals surface area (Å²) in [6, 6.07) is 7.80. The van der Waals surface area contributed by atoms with Gasteiger partial charge in [-0.3, -0.25) is 9.59 Å². The van der Waals surface area contributed by atoms with Crippen LogP contribution in [0, 0.1) is 0 Å². The van der Waals surface area contributed by atoms with E-state index >= 15 is 0 Å². The van der Waals surface area contributed by atoms with Gasteiger partial charge in [0.2, 0.25) is 11.8 Å². The second-order valence-electron chi connectivity index (χ2n) is 3.58. The molecule has 18 heavy (non-hydrogen) atoms. The highest BCUT2D eigenvalue weighted by Crippen LogP contribution is 2.20. The van der Waals surface area contributed by atoms with Crippen LogP contribution in [0.25, 0.3) is 0 Å². The van der Waals surface area contributed by atoms with Crippen molar-refractivity contribution in [2.75, 3.05) is 18.8 Å². The van der Waals surface area contributed by atoms with E-state index in [-0.39, 0.29) is 11.8 Å². The lowest BCUT2D eigenvalue weighted by atomic mass is 10.4. The first-order valence-corrected chi connectivity index (χ1v) is 7.25. The molecule has 0 fully saturated rings. The minimum atomic E-state index is -0.0894. The van der Waals surface area contributed by atoms with Crippen LogP contribution in [0.1, 0.15) is 6.92 Å². The molecular formula is C12H15BrN2O2S. The first-order valence-electron chi connectivity index (χ1n) is 5.47. The standard InChI is InChI=1S/C12H15BrN2O2S/c1-9(16)14-6-7-15-12(17)8-18-11-4-2-10(13)3-5-11/h2-5H,6-8H2,1H3,(H,14,16)(H,15,17). The van der Waals surface area contributed by atoms with Crippen molar-refractivity contribution in [3.8, 4) is 0 Å². The molecule has 1 rings (SSSR count). The molecule has 2 N–H and O–H groups in total. The number of hydrogen-bond donors (Lipinski definition) is 2. The fraction of sp³-hybridized carbons (Fsp3) is 0.333. The Morgan fingerprint density at radius 3 is 2.39 bits per heavy atom. The van der Waals surface area contributed by atoms with Crippen LogP contribution >= 0.6 is 27.7 Å². The van der Waals surface area contributed by atoms with Gasteiger partial charge in [-0.15, -0.1) is 11.8 Å². The first kappa shape index (κ1) is 15.0. The van der Waals surface area contributed by atoms with Crippen LogP contribution in [-0.4, -0.2) is 30.7 Å². The third-order valence-corrected chi connectivity index (χ3v) is 3.55. The van der Waals surface area contributed by atoms with Crippen LogP contribution in [0.15, 0.2) is 33.6 Å². The van der Waals surface area contributed by atoms with Crippen molar-refractivity contribution in [1.82, 2.24) is 10.6 Å². The Morgan fingerprint density at radius 2 is 1.78 bits per heavy atom. The van der Waals surface area contributed by atoms with Crippen molar-refractivity contribution in [2.45, 2.75) is 11.8 Å². The number of carbonyl (C=O) groups excluding carboxylic acids is 2. The van der Waals surface area contributed by atoms with E-state index in [9.17, 15) is 9.59 Å². The van der Waals surface area contributed by atoms with Gasteiger partial charge in [-0.05, 0) is 24.3 Å². The molecule has 6 heteroatoms. The molecule has 2 amide bonds. The van der Waals surface area contributed by atoms with Crippen LogP contribution in [0.2, 0.25) is 0 Å². The van der Waals surface area contributed by atoms with E-state index in [0.717, 1.165) is 9.37 Å². The highest BCUT2D eigenvalue weighted by atomic mass is 79.9. The average molecular weight is 331 g/mol. The summed E-state index contributed by atoms with van der Waals surface area (Å²) in [6.07, 6.45) is 0. The second kappa shape index (κ2) is 8.16. The lowest BCUT2D eigenvalue weighted by Crippen LogP contribution is -2.34. The molecule has 0 aliphatic heterocycles. The monoisotopic (exact) mass is 330 g/mol. The number of halogens is 1. The summed E-state index contributed by atoms with van der Waals surface area (Å²) < 4.78 is 1.02. The number of amides is 2. The number of carbonyl (C=O) groups is 2. The van der Waals surface area contributed by atoms with Gasteiger partial charge in [0.15, 0.2) is 0 Å². The van der Waals surface area contributed by atoms with E-state index in [4.69, 9.17) is 0 Å². The molecule has 4 nitrogen and oxygen atoms in total. The molecule has 0 saturated carbocycles. The summed E-state index contributed by atoms with van der Waals surface area (Å²) in [4.78, 5) is 23.1. The molecule has 1 aromatic rings. The van der Waals surface area contributed by atoms with Crippen LogP contribution in [0.5, 0.6) is 0 Å². The van der Waals surface area contributed by atoms with Gasteiger partial charge >= 0.3 is 0 Å². The van der Waals surface area contributed by atoms with E-state index < -0.39 is 0 Å². The van der Waals surface area contributed by atoms with E-state index in [2.05, 4.69) is 26.6 Å². The van der Waals surface area contributed by atoms with Gasteiger partial charge in [-0.25, -0.2) is 0 Å². The van der Waals surface area contributed by atoms with Crippen LogP contribution in [-0.2, 0) is 9.59 Å². The predicted molar refractivity (Wildman–Crippen MR) is 76.6 cm³/mol. The highest BCUT2D eigenvalue weighted by Gasteiger charge is 2.02. The Morgan fingerprint density at radius 1 is 1.17 bits per heavy atom. The molecule has 0 aliphatic rings. The van der Waals surface area contributed by atoms with Gasteiger partial charge in [0.05, 0.1) is 5.75 Å². The highest BCUT2D eigenvalue weighted by molar-refractivity contribution is 9.10. The lowest BCUT2D eigenvalue weighted by molar-refractivity contribution is -0.120. The second-order valence-corrected chi connectivity index (χ2v) is 5.54. The number of thioether (sulfide) groups is 1. The van der Waals surface area contributed by atoms with Crippen LogP contribution in [0.3, 0.4) is 0 Å². The summed E-state index contributed by atoms with van der Waals surface area (Å²) in [6.45, 7) is 2.37. The van der Waals surface area contributed by atoms with Gasteiger partial charge in [-0.2, -0.15) is 0 Å². The van der Waals surface area contributed by atoms with Crippen molar-refractivity contribution < 1.29 is 9.59 Å². The summed E-state index contributed by atoms with van der Waals surface area (Å²) in [5.74, 6) is 0.253. The Balaban J connectivity index is 2.17. The molecule has 0 bridgehead atoms. The summed E-state index contributed by atoms with van der Waals surface area (Å²) >= 11 is 4.84. The molecule has 98 valence electrons. The number of benzene rings is 1. The molecule has 1 aromatic carbocycles. The zero-order chi connectivity index (χ0) is 13.4. The molecular weight excluding hydrogens is 316 g/mol. The van der Waals surface area contributed by atoms with Crippen molar-refractivity contribution in [3.05, 3.63) is 28.7 Å². The Labute approximate surface area is 119 Å². The third kappa shape index (κ3) is 6.66. The molecule has 0 spiro atoms. The fourth-order valence-corrected chi connectivity index (χ4v) is 2.16. The van der Waals surface area contributed by atoms with Gasteiger partial charge in [0, 0.05) is 29.4 Å². The maximum atomic E-state index is 11.5. The quantitative estimate of drug-likeness (QED) is 0.617. The van der Waals surface area contributed by atoms with Gasteiger partial charge in [0.25, 0.3) is 0 Å². The predicted octanol–water partition coefficient (Wildman–Crippen LogP) is 1.79. The average Bonchev–Trinajstić information content (AvgIpc) is 2.34.